The summed E-state index contributed by atoms with van der Waals surface area (Å²) in [5, 5.41) is 2.75. The number of carbonyl (C=O) groups is 2. The number of carbonyl (C=O) groups excluding carboxylic acids is 2. The zero-order valence-electron chi connectivity index (χ0n) is 18.2. The fourth-order valence-electron chi connectivity index (χ4n) is 3.48. The van der Waals surface area contributed by atoms with E-state index in [1.807, 2.05) is 39.8 Å². The minimum absolute atomic E-state index is 0.00313. The first-order chi connectivity index (χ1) is 14.6. The van der Waals surface area contributed by atoms with Gasteiger partial charge in [-0.15, -0.1) is 0 Å². The standard InChI is InChI=1S/C23H28N2O5S/c1-15(2)17(4)24-22(26)14-30-23(27)19-9-7-10-20(13-19)31(28,29)25-16(3)12-18-8-5-6-11-21(18)25/h5-11,13,15-17H,12,14H2,1-4H3,(H,24,26)/t16-,17-/m1/s1. The SMILES string of the molecule is CC(C)[C@@H](C)NC(=O)COC(=O)c1cccc(S(=O)(=O)N2c3ccccc3C[C@H]2C)c1. The van der Waals surface area contributed by atoms with Gasteiger partial charge in [0.15, 0.2) is 6.61 Å². The number of rotatable bonds is 7. The van der Waals surface area contributed by atoms with E-state index in [1.165, 1.54) is 28.6 Å². The maximum absolute atomic E-state index is 13.3. The molecular formula is C23H28N2O5S. The van der Waals surface area contributed by atoms with E-state index >= 15 is 0 Å². The van der Waals surface area contributed by atoms with Crippen LogP contribution in [0.15, 0.2) is 53.4 Å². The van der Waals surface area contributed by atoms with Crippen molar-refractivity contribution in [2.24, 2.45) is 5.92 Å². The van der Waals surface area contributed by atoms with Crippen LogP contribution in [0, 0.1) is 5.92 Å². The molecule has 7 nitrogen and oxygen atoms in total. The molecule has 2 atom stereocenters. The molecule has 0 radical (unpaired) electrons. The Morgan fingerprint density at radius 1 is 1.13 bits per heavy atom. The Morgan fingerprint density at radius 2 is 1.84 bits per heavy atom. The molecule has 1 aliphatic rings. The summed E-state index contributed by atoms with van der Waals surface area (Å²) >= 11 is 0. The minimum atomic E-state index is -3.87. The van der Waals surface area contributed by atoms with Crippen molar-refractivity contribution in [3.05, 3.63) is 59.7 Å². The number of nitrogens with one attached hydrogen (secondary N) is 1. The molecular weight excluding hydrogens is 416 g/mol. The highest BCUT2D eigenvalue weighted by Gasteiger charge is 2.36. The molecule has 166 valence electrons. The third kappa shape index (κ3) is 4.90. The molecule has 1 amide bonds. The molecule has 0 unspecified atom stereocenters. The summed E-state index contributed by atoms with van der Waals surface area (Å²) in [5.41, 5.74) is 1.70. The van der Waals surface area contributed by atoms with Gasteiger partial charge in [-0.05, 0) is 56.0 Å². The lowest BCUT2D eigenvalue weighted by Crippen LogP contribution is -2.38. The fraction of sp³-hybridized carbons (Fsp3) is 0.391. The zero-order chi connectivity index (χ0) is 22.8. The molecule has 2 aromatic carbocycles. The first-order valence-electron chi connectivity index (χ1n) is 10.3. The molecule has 3 rings (SSSR count). The topological polar surface area (TPSA) is 92.8 Å². The fourth-order valence-corrected chi connectivity index (χ4v) is 5.22. The zero-order valence-corrected chi connectivity index (χ0v) is 19.0. The predicted octanol–water partition coefficient (Wildman–Crippen LogP) is 3.14. The molecule has 0 aromatic heterocycles. The summed E-state index contributed by atoms with van der Waals surface area (Å²) in [6, 6.07) is 12.8. The summed E-state index contributed by atoms with van der Waals surface area (Å²) in [5.74, 6) is -0.903. The van der Waals surface area contributed by atoms with Gasteiger partial charge in [-0.2, -0.15) is 0 Å². The molecule has 1 N–H and O–H groups in total. The molecule has 0 saturated heterocycles. The van der Waals surface area contributed by atoms with Crippen LogP contribution in [0.5, 0.6) is 0 Å². The van der Waals surface area contributed by atoms with E-state index in [-0.39, 0.29) is 28.5 Å². The first-order valence-corrected chi connectivity index (χ1v) is 11.7. The van der Waals surface area contributed by atoms with Gasteiger partial charge in [-0.25, -0.2) is 13.2 Å². The van der Waals surface area contributed by atoms with E-state index in [4.69, 9.17) is 4.74 Å². The quantitative estimate of drug-likeness (QED) is 0.663. The van der Waals surface area contributed by atoms with Gasteiger partial charge in [0.25, 0.3) is 15.9 Å². The number of amides is 1. The van der Waals surface area contributed by atoms with E-state index in [9.17, 15) is 18.0 Å². The van der Waals surface area contributed by atoms with Gasteiger partial charge in [-0.3, -0.25) is 9.10 Å². The van der Waals surface area contributed by atoms with Crippen molar-refractivity contribution in [1.82, 2.24) is 5.32 Å². The van der Waals surface area contributed by atoms with Crippen LogP contribution in [0.1, 0.15) is 43.6 Å². The smallest absolute Gasteiger partial charge is 0.338 e. The monoisotopic (exact) mass is 444 g/mol. The number of fused-ring (bicyclic) bond motifs is 1. The minimum Gasteiger partial charge on any atom is -0.452 e. The number of hydrogen-bond donors (Lipinski definition) is 1. The Labute approximate surface area is 183 Å². The highest BCUT2D eigenvalue weighted by Crippen LogP contribution is 2.36. The molecule has 31 heavy (non-hydrogen) atoms. The number of nitrogens with zero attached hydrogens (tertiary/aromatic N) is 1. The lowest BCUT2D eigenvalue weighted by molar-refractivity contribution is -0.125. The number of hydrogen-bond acceptors (Lipinski definition) is 5. The Bertz CT molecular complexity index is 1080. The van der Waals surface area contributed by atoms with Crippen molar-refractivity contribution in [2.75, 3.05) is 10.9 Å². The van der Waals surface area contributed by atoms with Crippen LogP contribution in [0.4, 0.5) is 5.69 Å². The molecule has 8 heteroatoms. The molecule has 0 saturated carbocycles. The molecule has 0 aliphatic carbocycles. The summed E-state index contributed by atoms with van der Waals surface area (Å²) in [6.45, 7) is 7.25. The van der Waals surface area contributed by atoms with Crippen LogP contribution in [0.3, 0.4) is 0 Å². The highest BCUT2D eigenvalue weighted by atomic mass is 32.2. The number of para-hydroxylation sites is 1. The van der Waals surface area contributed by atoms with E-state index in [0.29, 0.717) is 12.1 Å². The second-order valence-electron chi connectivity index (χ2n) is 8.19. The first kappa shape index (κ1) is 22.8. The lowest BCUT2D eigenvalue weighted by Gasteiger charge is -2.24. The van der Waals surface area contributed by atoms with Crippen molar-refractivity contribution < 1.29 is 22.7 Å². The van der Waals surface area contributed by atoms with Gasteiger partial charge in [0.05, 0.1) is 16.1 Å². The van der Waals surface area contributed by atoms with E-state index < -0.39 is 28.5 Å². The van der Waals surface area contributed by atoms with Crippen molar-refractivity contribution in [3.63, 3.8) is 0 Å². The Kier molecular flexibility index (Phi) is 6.69. The molecule has 0 fully saturated rings. The molecule has 1 aliphatic heterocycles. The van der Waals surface area contributed by atoms with E-state index in [2.05, 4.69) is 5.32 Å². The van der Waals surface area contributed by atoms with E-state index in [0.717, 1.165) is 5.56 Å². The van der Waals surface area contributed by atoms with Gasteiger partial charge in [0, 0.05) is 12.1 Å². The highest BCUT2D eigenvalue weighted by molar-refractivity contribution is 7.92. The molecule has 0 spiro atoms. The number of benzene rings is 2. The summed E-state index contributed by atoms with van der Waals surface area (Å²) < 4.78 is 33.2. The van der Waals surface area contributed by atoms with Crippen LogP contribution >= 0.6 is 0 Å². The van der Waals surface area contributed by atoms with Crippen LogP contribution < -0.4 is 9.62 Å². The summed E-state index contributed by atoms with van der Waals surface area (Å²) in [6.07, 6.45) is 0.626. The Hall–Kier alpha value is -2.87. The van der Waals surface area contributed by atoms with Gasteiger partial charge < -0.3 is 10.1 Å². The summed E-state index contributed by atoms with van der Waals surface area (Å²) in [7, 11) is -3.87. The number of sulfonamides is 1. The number of ether oxygens (including phenoxy) is 1. The van der Waals surface area contributed by atoms with Gasteiger partial charge in [-0.1, -0.05) is 38.1 Å². The average molecular weight is 445 g/mol. The third-order valence-corrected chi connectivity index (χ3v) is 7.42. The second kappa shape index (κ2) is 9.09. The largest absolute Gasteiger partial charge is 0.452 e. The van der Waals surface area contributed by atoms with Crippen molar-refractivity contribution in [3.8, 4) is 0 Å². The normalized spacial score (nSPS) is 16.7. The third-order valence-electron chi connectivity index (χ3n) is 5.49. The van der Waals surface area contributed by atoms with Gasteiger partial charge in [0.2, 0.25) is 0 Å². The lowest BCUT2D eigenvalue weighted by atomic mass is 10.1. The Balaban J connectivity index is 1.75. The van der Waals surface area contributed by atoms with Gasteiger partial charge >= 0.3 is 5.97 Å². The molecule has 0 bridgehead atoms. The van der Waals surface area contributed by atoms with E-state index in [1.54, 1.807) is 12.1 Å². The van der Waals surface area contributed by atoms with Crippen LogP contribution in [-0.4, -0.2) is 39.0 Å². The Morgan fingerprint density at radius 3 is 2.55 bits per heavy atom. The average Bonchev–Trinajstić information content (AvgIpc) is 3.08. The van der Waals surface area contributed by atoms with Gasteiger partial charge in [0.1, 0.15) is 0 Å². The molecule has 1 heterocycles. The number of anilines is 1. The second-order valence-corrected chi connectivity index (χ2v) is 10.0. The van der Waals surface area contributed by atoms with Crippen LogP contribution in [0.2, 0.25) is 0 Å². The maximum atomic E-state index is 13.3. The summed E-state index contributed by atoms with van der Waals surface area (Å²) in [4.78, 5) is 24.4. The van der Waals surface area contributed by atoms with Crippen molar-refractivity contribution in [2.45, 2.75) is 51.1 Å². The predicted molar refractivity (Wildman–Crippen MR) is 118 cm³/mol. The van der Waals surface area contributed by atoms with Crippen LogP contribution in [-0.2, 0) is 26.0 Å². The van der Waals surface area contributed by atoms with Crippen molar-refractivity contribution in [1.29, 1.82) is 0 Å². The van der Waals surface area contributed by atoms with Crippen molar-refractivity contribution >= 4 is 27.6 Å². The van der Waals surface area contributed by atoms with Crippen LogP contribution in [0.25, 0.3) is 0 Å². The number of esters is 1. The molecule has 2 aromatic rings. The maximum Gasteiger partial charge on any atom is 0.338 e.